The smallest absolute Gasteiger partial charge is 0.338 e. The van der Waals surface area contributed by atoms with Crippen LogP contribution in [-0.4, -0.2) is 31.1 Å². The van der Waals surface area contributed by atoms with Crippen LogP contribution in [0.2, 0.25) is 0 Å². The molecule has 1 aromatic carbocycles. The topological polar surface area (TPSA) is 64.6 Å². The Bertz CT molecular complexity index is 607. The Morgan fingerprint density at radius 1 is 1.20 bits per heavy atom. The molecule has 0 unspecified atom stereocenters. The number of nitrogens with one attached hydrogen (secondary N) is 1. The summed E-state index contributed by atoms with van der Waals surface area (Å²) in [4.78, 5) is 23.7. The Morgan fingerprint density at radius 2 is 1.96 bits per heavy atom. The fourth-order valence-corrected chi connectivity index (χ4v) is 2.76. The quantitative estimate of drug-likeness (QED) is 0.577. The molecule has 0 saturated carbocycles. The maximum Gasteiger partial charge on any atom is 0.338 e. The van der Waals surface area contributed by atoms with E-state index >= 15 is 0 Å². The highest BCUT2D eigenvalue weighted by Crippen LogP contribution is 2.19. The predicted octanol–water partition coefficient (Wildman–Crippen LogP) is 3.64. The SMILES string of the molecule is CCOC(=O)c1ccc(O[C@H](C)C(=O)NCCC2=CCCCC2)cc1. The molecule has 0 bridgehead atoms. The van der Waals surface area contributed by atoms with Gasteiger partial charge in [-0.1, -0.05) is 11.6 Å². The fraction of sp³-hybridized carbons (Fsp3) is 0.500. The van der Waals surface area contributed by atoms with E-state index in [1.165, 1.54) is 18.4 Å². The predicted molar refractivity (Wildman–Crippen MR) is 96.7 cm³/mol. The van der Waals surface area contributed by atoms with Gasteiger partial charge in [0.1, 0.15) is 5.75 Å². The molecule has 136 valence electrons. The molecule has 25 heavy (non-hydrogen) atoms. The molecule has 0 aliphatic heterocycles. The zero-order valence-electron chi connectivity index (χ0n) is 15.0. The number of hydrogen-bond acceptors (Lipinski definition) is 4. The molecule has 2 rings (SSSR count). The molecular weight excluding hydrogens is 318 g/mol. The number of hydrogen-bond donors (Lipinski definition) is 1. The summed E-state index contributed by atoms with van der Waals surface area (Å²) in [6.07, 6.45) is 7.44. The summed E-state index contributed by atoms with van der Waals surface area (Å²) in [7, 11) is 0. The van der Waals surface area contributed by atoms with Gasteiger partial charge in [0.25, 0.3) is 5.91 Å². The van der Waals surface area contributed by atoms with Crippen molar-refractivity contribution in [1.82, 2.24) is 5.32 Å². The van der Waals surface area contributed by atoms with Gasteiger partial charge in [-0.15, -0.1) is 0 Å². The van der Waals surface area contributed by atoms with E-state index in [0.29, 0.717) is 24.5 Å². The van der Waals surface area contributed by atoms with Crippen LogP contribution in [-0.2, 0) is 9.53 Å². The summed E-state index contributed by atoms with van der Waals surface area (Å²) in [5.74, 6) is 0.0495. The highest BCUT2D eigenvalue weighted by molar-refractivity contribution is 5.89. The second-order valence-corrected chi connectivity index (χ2v) is 6.15. The van der Waals surface area contributed by atoms with Crippen molar-refractivity contribution < 1.29 is 19.1 Å². The van der Waals surface area contributed by atoms with Crippen molar-refractivity contribution >= 4 is 11.9 Å². The van der Waals surface area contributed by atoms with Crippen molar-refractivity contribution in [2.45, 2.75) is 52.1 Å². The lowest BCUT2D eigenvalue weighted by molar-refractivity contribution is -0.127. The standard InChI is InChI=1S/C20H27NO4/c1-3-24-20(23)17-9-11-18(12-10-17)25-15(2)19(22)21-14-13-16-7-5-4-6-8-16/h7,9-12,15H,3-6,8,13-14H2,1-2H3,(H,21,22)/t15-/m1/s1. The van der Waals surface area contributed by atoms with Crippen molar-refractivity contribution in [2.75, 3.05) is 13.2 Å². The number of allylic oxidation sites excluding steroid dienone is 1. The van der Waals surface area contributed by atoms with E-state index in [-0.39, 0.29) is 11.9 Å². The van der Waals surface area contributed by atoms with Gasteiger partial charge >= 0.3 is 5.97 Å². The molecule has 0 heterocycles. The zero-order valence-corrected chi connectivity index (χ0v) is 15.0. The molecule has 1 amide bonds. The van der Waals surface area contributed by atoms with E-state index in [1.54, 1.807) is 38.1 Å². The van der Waals surface area contributed by atoms with Gasteiger partial charge in [0.15, 0.2) is 6.10 Å². The molecule has 1 N–H and O–H groups in total. The number of benzene rings is 1. The van der Waals surface area contributed by atoms with E-state index in [0.717, 1.165) is 19.3 Å². The Hall–Kier alpha value is -2.30. The largest absolute Gasteiger partial charge is 0.481 e. The molecule has 0 spiro atoms. The molecule has 0 aromatic heterocycles. The van der Waals surface area contributed by atoms with Crippen LogP contribution in [0.25, 0.3) is 0 Å². The van der Waals surface area contributed by atoms with Gasteiger partial charge in [-0.25, -0.2) is 4.79 Å². The third-order valence-corrected chi connectivity index (χ3v) is 4.18. The fourth-order valence-electron chi connectivity index (χ4n) is 2.76. The Balaban J connectivity index is 1.76. The summed E-state index contributed by atoms with van der Waals surface area (Å²) >= 11 is 0. The first kappa shape index (κ1) is 19.0. The van der Waals surface area contributed by atoms with Gasteiger partial charge < -0.3 is 14.8 Å². The highest BCUT2D eigenvalue weighted by atomic mass is 16.5. The molecule has 0 radical (unpaired) electrons. The molecule has 1 aliphatic rings. The van der Waals surface area contributed by atoms with E-state index < -0.39 is 6.10 Å². The lowest BCUT2D eigenvalue weighted by atomic mass is 9.97. The van der Waals surface area contributed by atoms with Crippen molar-refractivity contribution in [2.24, 2.45) is 0 Å². The number of esters is 1. The first-order chi connectivity index (χ1) is 12.1. The van der Waals surface area contributed by atoms with Gasteiger partial charge in [0.05, 0.1) is 12.2 Å². The first-order valence-corrected chi connectivity index (χ1v) is 8.99. The highest BCUT2D eigenvalue weighted by Gasteiger charge is 2.15. The van der Waals surface area contributed by atoms with Crippen molar-refractivity contribution in [3.63, 3.8) is 0 Å². The second-order valence-electron chi connectivity index (χ2n) is 6.15. The molecule has 1 atom stereocenters. The molecule has 1 aromatic rings. The maximum atomic E-state index is 12.1. The van der Waals surface area contributed by atoms with Crippen LogP contribution in [0.1, 0.15) is 56.3 Å². The Kier molecular flexibility index (Phi) is 7.51. The van der Waals surface area contributed by atoms with Gasteiger partial charge in [0.2, 0.25) is 0 Å². The Labute approximate surface area is 149 Å². The van der Waals surface area contributed by atoms with Crippen LogP contribution >= 0.6 is 0 Å². The van der Waals surface area contributed by atoms with Gasteiger partial charge in [0, 0.05) is 6.54 Å². The number of carbonyl (C=O) groups is 2. The summed E-state index contributed by atoms with van der Waals surface area (Å²) in [6.45, 7) is 4.46. The van der Waals surface area contributed by atoms with E-state index in [1.807, 2.05) is 0 Å². The molecule has 1 aliphatic carbocycles. The van der Waals surface area contributed by atoms with E-state index in [2.05, 4.69) is 11.4 Å². The molecular formula is C20H27NO4. The minimum atomic E-state index is -0.589. The van der Waals surface area contributed by atoms with Crippen molar-refractivity contribution in [3.05, 3.63) is 41.5 Å². The summed E-state index contributed by atoms with van der Waals surface area (Å²) in [5.41, 5.74) is 1.90. The minimum Gasteiger partial charge on any atom is -0.481 e. The number of rotatable bonds is 8. The summed E-state index contributed by atoms with van der Waals surface area (Å²) in [6, 6.07) is 6.60. The number of carbonyl (C=O) groups excluding carboxylic acids is 2. The van der Waals surface area contributed by atoms with Gasteiger partial charge in [-0.05, 0) is 70.2 Å². The average molecular weight is 345 g/mol. The van der Waals surface area contributed by atoms with E-state index in [9.17, 15) is 9.59 Å². The van der Waals surface area contributed by atoms with Crippen LogP contribution in [0.3, 0.4) is 0 Å². The molecule has 5 heteroatoms. The second kappa shape index (κ2) is 9.87. The third kappa shape index (κ3) is 6.25. The summed E-state index contributed by atoms with van der Waals surface area (Å²) in [5, 5.41) is 2.92. The molecule has 0 saturated heterocycles. The minimum absolute atomic E-state index is 0.133. The lowest BCUT2D eigenvalue weighted by Crippen LogP contribution is -2.37. The maximum absolute atomic E-state index is 12.1. The van der Waals surface area contributed by atoms with Crippen LogP contribution in [0.4, 0.5) is 0 Å². The average Bonchev–Trinajstić information content (AvgIpc) is 2.63. The first-order valence-electron chi connectivity index (χ1n) is 8.99. The normalized spacial score (nSPS) is 15.0. The monoisotopic (exact) mass is 345 g/mol. The van der Waals surface area contributed by atoms with Crippen LogP contribution in [0, 0.1) is 0 Å². The van der Waals surface area contributed by atoms with E-state index in [4.69, 9.17) is 9.47 Å². The van der Waals surface area contributed by atoms with Crippen LogP contribution in [0.5, 0.6) is 5.75 Å². The zero-order chi connectivity index (χ0) is 18.1. The number of ether oxygens (including phenoxy) is 2. The Morgan fingerprint density at radius 3 is 2.60 bits per heavy atom. The lowest BCUT2D eigenvalue weighted by Gasteiger charge is -2.16. The van der Waals surface area contributed by atoms with Crippen molar-refractivity contribution in [3.8, 4) is 5.75 Å². The molecule has 0 fully saturated rings. The van der Waals surface area contributed by atoms with Crippen LogP contribution in [0.15, 0.2) is 35.9 Å². The van der Waals surface area contributed by atoms with Crippen LogP contribution < -0.4 is 10.1 Å². The molecule has 5 nitrogen and oxygen atoms in total. The number of amides is 1. The van der Waals surface area contributed by atoms with Gasteiger partial charge in [-0.3, -0.25) is 4.79 Å². The third-order valence-electron chi connectivity index (χ3n) is 4.18. The van der Waals surface area contributed by atoms with Crippen molar-refractivity contribution in [1.29, 1.82) is 0 Å². The summed E-state index contributed by atoms with van der Waals surface area (Å²) < 4.78 is 10.6. The van der Waals surface area contributed by atoms with Gasteiger partial charge in [-0.2, -0.15) is 0 Å².